The average Bonchev–Trinajstić information content (AvgIpc) is 3.12. The van der Waals surface area contributed by atoms with Gasteiger partial charge in [-0.05, 0) is 56.7 Å². The van der Waals surface area contributed by atoms with Crippen LogP contribution in [-0.4, -0.2) is 79.3 Å². The van der Waals surface area contributed by atoms with Crippen LogP contribution >= 0.6 is 0 Å². The van der Waals surface area contributed by atoms with E-state index in [1.165, 1.54) is 25.8 Å². The van der Waals surface area contributed by atoms with Gasteiger partial charge in [-0.3, -0.25) is 0 Å². The number of hydrogen-bond donors (Lipinski definition) is 1. The first kappa shape index (κ1) is 24.3. The average molecular weight is 432 g/mol. The zero-order valence-corrected chi connectivity index (χ0v) is 17.7. The van der Waals surface area contributed by atoms with Gasteiger partial charge in [-0.2, -0.15) is 18.3 Å². The molecule has 2 aliphatic rings. The Kier molecular flexibility index (Phi) is 8.84. The zero-order chi connectivity index (χ0) is 22.3. The summed E-state index contributed by atoms with van der Waals surface area (Å²) < 4.78 is 36.9. The second-order valence-electron chi connectivity index (χ2n) is 8.11. The number of hydrogen-bond acceptors (Lipinski definition) is 6. The Bertz CT molecular complexity index is 672. The molecule has 7 nitrogen and oxygen atoms in total. The van der Waals surface area contributed by atoms with Crippen LogP contribution in [0.15, 0.2) is 12.1 Å². The van der Waals surface area contributed by atoms with Crippen molar-refractivity contribution in [2.24, 2.45) is 17.8 Å². The van der Waals surface area contributed by atoms with Gasteiger partial charge in [-0.25, -0.2) is 4.79 Å². The third-order valence-electron chi connectivity index (χ3n) is 5.82. The summed E-state index contributed by atoms with van der Waals surface area (Å²) in [6.45, 7) is 7.33. The summed E-state index contributed by atoms with van der Waals surface area (Å²) in [4.78, 5) is 13.8. The molecule has 0 spiro atoms. The topological polar surface area (TPSA) is 78.8 Å². The van der Waals surface area contributed by atoms with Crippen LogP contribution in [0.3, 0.4) is 0 Å². The number of fused-ring (bicyclic) bond motifs is 1. The van der Waals surface area contributed by atoms with E-state index in [9.17, 15) is 13.2 Å². The maximum absolute atomic E-state index is 10.6. The number of aromatic nitrogens is 2. The molecular formula is C20H31F3N4O3. The number of methoxy groups -OCH3 is 1. The quantitative estimate of drug-likeness (QED) is 0.741. The first-order chi connectivity index (χ1) is 14.1. The lowest BCUT2D eigenvalue weighted by atomic mass is 9.74. The largest absolute Gasteiger partial charge is 0.490 e. The predicted molar refractivity (Wildman–Crippen MR) is 106 cm³/mol. The second kappa shape index (κ2) is 10.9. The molecular weight excluding hydrogens is 401 g/mol. The summed E-state index contributed by atoms with van der Waals surface area (Å²) >= 11 is 0. The van der Waals surface area contributed by atoms with E-state index in [-0.39, 0.29) is 0 Å². The Morgan fingerprint density at radius 2 is 2.00 bits per heavy atom. The Balaban J connectivity index is 0.000000396. The molecule has 170 valence electrons. The van der Waals surface area contributed by atoms with E-state index in [1.54, 1.807) is 7.11 Å². The summed E-state index contributed by atoms with van der Waals surface area (Å²) in [7, 11) is 4.00. The van der Waals surface area contributed by atoms with E-state index in [0.29, 0.717) is 0 Å². The van der Waals surface area contributed by atoms with Crippen LogP contribution in [0.1, 0.15) is 25.0 Å². The van der Waals surface area contributed by atoms with Crippen molar-refractivity contribution in [3.8, 4) is 0 Å². The maximum Gasteiger partial charge on any atom is 0.490 e. The Morgan fingerprint density at radius 3 is 2.57 bits per heavy atom. The molecule has 0 radical (unpaired) electrons. The monoisotopic (exact) mass is 432 g/mol. The first-order valence-corrected chi connectivity index (χ1v) is 10.1. The lowest BCUT2D eigenvalue weighted by Crippen LogP contribution is -2.37. The fourth-order valence-electron chi connectivity index (χ4n) is 4.31. The molecule has 3 atom stereocenters. The number of likely N-dealkylation sites (N-methyl/N-ethyl adjacent to an activating group) is 1. The highest BCUT2D eigenvalue weighted by atomic mass is 19.4. The molecule has 1 saturated heterocycles. The molecule has 0 amide bonds. The summed E-state index contributed by atoms with van der Waals surface area (Å²) in [6, 6.07) is 4.19. The van der Waals surface area contributed by atoms with E-state index < -0.39 is 12.1 Å². The number of nitrogens with zero attached hydrogens (tertiary/aromatic N) is 4. The number of halogens is 3. The molecule has 0 unspecified atom stereocenters. The fourth-order valence-corrected chi connectivity index (χ4v) is 4.31. The van der Waals surface area contributed by atoms with Crippen LogP contribution in [-0.2, 0) is 9.53 Å². The number of rotatable bonds is 6. The number of aliphatic carboxylic acids is 1. The van der Waals surface area contributed by atoms with Gasteiger partial charge >= 0.3 is 12.1 Å². The Morgan fingerprint density at radius 1 is 1.30 bits per heavy atom. The Labute approximate surface area is 175 Å². The first-order valence-electron chi connectivity index (χ1n) is 10.1. The molecule has 1 aromatic rings. The number of carbonyl (C=O) groups is 1. The molecule has 2 heterocycles. The molecule has 2 fully saturated rings. The molecule has 1 N–H and O–H groups in total. The van der Waals surface area contributed by atoms with Crippen LogP contribution in [0.5, 0.6) is 0 Å². The predicted octanol–water partition coefficient (Wildman–Crippen LogP) is 2.85. The van der Waals surface area contributed by atoms with Crippen LogP contribution in [0.4, 0.5) is 19.0 Å². The minimum absolute atomic E-state index is 0.803. The van der Waals surface area contributed by atoms with Crippen molar-refractivity contribution in [1.82, 2.24) is 15.1 Å². The number of carboxylic acids is 1. The highest BCUT2D eigenvalue weighted by Crippen LogP contribution is 2.41. The van der Waals surface area contributed by atoms with Crippen molar-refractivity contribution in [2.45, 2.75) is 32.4 Å². The number of carboxylic acid groups (broad SMARTS) is 1. The lowest BCUT2D eigenvalue weighted by Gasteiger charge is -2.35. The van der Waals surface area contributed by atoms with Crippen molar-refractivity contribution in [3.63, 3.8) is 0 Å². The van der Waals surface area contributed by atoms with Gasteiger partial charge in [-0.15, -0.1) is 5.10 Å². The summed E-state index contributed by atoms with van der Waals surface area (Å²) in [5.41, 5.74) is 0.989. The number of ether oxygens (including phenoxy) is 1. The third kappa shape index (κ3) is 7.09. The van der Waals surface area contributed by atoms with Crippen molar-refractivity contribution >= 4 is 11.8 Å². The molecule has 3 rings (SSSR count). The van der Waals surface area contributed by atoms with E-state index in [2.05, 4.69) is 39.2 Å². The van der Waals surface area contributed by atoms with E-state index >= 15 is 0 Å². The zero-order valence-electron chi connectivity index (χ0n) is 17.7. The maximum atomic E-state index is 10.6. The molecule has 10 heteroatoms. The van der Waals surface area contributed by atoms with Gasteiger partial charge < -0.3 is 19.6 Å². The van der Waals surface area contributed by atoms with Crippen LogP contribution in [0.25, 0.3) is 0 Å². The van der Waals surface area contributed by atoms with Gasteiger partial charge in [0.25, 0.3) is 0 Å². The van der Waals surface area contributed by atoms with Gasteiger partial charge in [0, 0.05) is 33.3 Å². The van der Waals surface area contributed by atoms with Crippen LogP contribution < -0.4 is 4.90 Å². The van der Waals surface area contributed by atoms with Gasteiger partial charge in [0.15, 0.2) is 5.82 Å². The van der Waals surface area contributed by atoms with Crippen molar-refractivity contribution < 1.29 is 27.8 Å². The van der Waals surface area contributed by atoms with Gasteiger partial charge in [0.1, 0.15) is 0 Å². The van der Waals surface area contributed by atoms with E-state index in [4.69, 9.17) is 14.6 Å². The number of alkyl halides is 3. The molecule has 0 aromatic carbocycles. The normalized spacial score (nSPS) is 23.7. The molecule has 0 bridgehead atoms. The van der Waals surface area contributed by atoms with Crippen molar-refractivity contribution in [1.29, 1.82) is 0 Å². The molecule has 1 saturated carbocycles. The molecule has 1 aliphatic heterocycles. The lowest BCUT2D eigenvalue weighted by molar-refractivity contribution is -0.192. The minimum atomic E-state index is -5.08. The molecule has 1 aromatic heterocycles. The number of aryl methyl sites for hydroxylation is 1. The highest BCUT2D eigenvalue weighted by Gasteiger charge is 2.41. The van der Waals surface area contributed by atoms with Gasteiger partial charge in [-0.1, -0.05) is 6.42 Å². The van der Waals surface area contributed by atoms with Crippen molar-refractivity contribution in [3.05, 3.63) is 17.8 Å². The van der Waals surface area contributed by atoms with E-state index in [0.717, 1.165) is 55.5 Å². The number of anilines is 1. The van der Waals surface area contributed by atoms with Gasteiger partial charge in [0.2, 0.25) is 0 Å². The summed E-state index contributed by atoms with van der Waals surface area (Å²) in [6.07, 6.45) is -0.970. The fraction of sp³-hybridized carbons (Fsp3) is 0.750. The van der Waals surface area contributed by atoms with Gasteiger partial charge in [0.05, 0.1) is 12.3 Å². The highest BCUT2D eigenvalue weighted by molar-refractivity contribution is 5.73. The van der Waals surface area contributed by atoms with E-state index in [1.807, 2.05) is 6.92 Å². The third-order valence-corrected chi connectivity index (χ3v) is 5.82. The standard InChI is InChI=1S/C18H30N4O.C2HF3O2/c1-14-7-8-18(20-19-14)22-12-16-6-4-5-15(17(16)13-22)11-21(2)9-10-23-3;3-2(4,5)1(6)7/h7-8,15-17H,4-6,9-13H2,1-3H3;(H,6,7)/t15-,16+,17+;/m0./s1. The molecule has 30 heavy (non-hydrogen) atoms. The SMILES string of the molecule is COCCN(C)C[C@@H]1CCC[C@@H]2CN(c3ccc(C)nn3)C[C@@H]21.O=C(O)C(F)(F)F. The van der Waals surface area contributed by atoms with Crippen molar-refractivity contribution in [2.75, 3.05) is 51.8 Å². The smallest absolute Gasteiger partial charge is 0.475 e. The van der Waals surface area contributed by atoms with Crippen LogP contribution in [0, 0.1) is 24.7 Å². The van der Waals surface area contributed by atoms with Crippen LogP contribution in [0.2, 0.25) is 0 Å². The minimum Gasteiger partial charge on any atom is -0.475 e. The molecule has 1 aliphatic carbocycles. The Hall–Kier alpha value is -1.94. The summed E-state index contributed by atoms with van der Waals surface area (Å²) in [5.74, 6) is 0.729. The summed E-state index contributed by atoms with van der Waals surface area (Å²) in [5, 5.41) is 15.7. The second-order valence-corrected chi connectivity index (χ2v) is 8.11.